The molecule has 0 unspecified atom stereocenters. The van der Waals surface area contributed by atoms with Gasteiger partial charge in [-0.2, -0.15) is 0 Å². The van der Waals surface area contributed by atoms with E-state index in [0.29, 0.717) is 0 Å². The van der Waals surface area contributed by atoms with Gasteiger partial charge in [0, 0.05) is 6.54 Å². The molecule has 10 heteroatoms. The first-order chi connectivity index (χ1) is 8.62. The predicted octanol–water partition coefficient (Wildman–Crippen LogP) is -0.635. The Morgan fingerprint density at radius 2 is 1.84 bits per heavy atom. The zero-order chi connectivity index (χ0) is 14.7. The number of anilines is 1. The summed E-state index contributed by atoms with van der Waals surface area (Å²) in [4.78, 5) is -0.260. The van der Waals surface area contributed by atoms with Crippen molar-refractivity contribution in [3.05, 3.63) is 24.0 Å². The van der Waals surface area contributed by atoms with E-state index in [-0.39, 0.29) is 29.3 Å². The van der Waals surface area contributed by atoms with Crippen LogP contribution in [0.25, 0.3) is 0 Å². The number of nitrogen functional groups attached to an aromatic ring is 1. The van der Waals surface area contributed by atoms with Crippen molar-refractivity contribution in [2.75, 3.05) is 18.0 Å². The molecule has 0 atom stereocenters. The number of halogens is 1. The van der Waals surface area contributed by atoms with Crippen molar-refractivity contribution < 1.29 is 21.2 Å². The Bertz CT molecular complexity index is 658. The maximum absolute atomic E-state index is 12.8. The molecule has 0 radical (unpaired) electrons. The molecular weight excluding hydrogens is 297 g/mol. The molecule has 0 aromatic heterocycles. The first-order valence-electron chi connectivity index (χ1n) is 5.17. The molecule has 19 heavy (non-hydrogen) atoms. The molecule has 1 aromatic carbocycles. The van der Waals surface area contributed by atoms with E-state index in [1.54, 1.807) is 0 Å². The maximum atomic E-state index is 12.8. The molecule has 1 rings (SSSR count). The van der Waals surface area contributed by atoms with Crippen LogP contribution in [0.15, 0.2) is 23.1 Å². The number of rotatable bonds is 6. The van der Waals surface area contributed by atoms with E-state index in [9.17, 15) is 21.2 Å². The normalized spacial score (nSPS) is 12.5. The Morgan fingerprint density at radius 1 is 1.21 bits per heavy atom. The van der Waals surface area contributed by atoms with Gasteiger partial charge in [-0.25, -0.2) is 31.1 Å². The average Bonchev–Trinajstić information content (AvgIpc) is 2.22. The van der Waals surface area contributed by atoms with Gasteiger partial charge in [-0.1, -0.05) is 0 Å². The highest BCUT2D eigenvalue weighted by atomic mass is 32.2. The molecule has 0 aliphatic heterocycles. The number of primary sulfonamides is 1. The van der Waals surface area contributed by atoms with Crippen LogP contribution in [0.5, 0.6) is 0 Å². The highest BCUT2D eigenvalue weighted by Crippen LogP contribution is 2.18. The summed E-state index contributed by atoms with van der Waals surface area (Å²) in [6.45, 7) is -0.115. The molecule has 0 saturated heterocycles. The smallest absolute Gasteiger partial charge is 0.242 e. The van der Waals surface area contributed by atoms with E-state index >= 15 is 0 Å². The second-order valence-electron chi connectivity index (χ2n) is 3.80. The van der Waals surface area contributed by atoms with Gasteiger partial charge in [0.05, 0.1) is 11.4 Å². The molecule has 0 fully saturated rings. The van der Waals surface area contributed by atoms with Crippen molar-refractivity contribution >= 4 is 25.7 Å². The molecule has 0 spiro atoms. The number of sulfonamides is 2. The molecule has 0 amide bonds. The summed E-state index contributed by atoms with van der Waals surface area (Å²) in [6.07, 6.45) is 0.0269. The van der Waals surface area contributed by atoms with Crippen LogP contribution in [0.3, 0.4) is 0 Å². The van der Waals surface area contributed by atoms with Gasteiger partial charge in [0.2, 0.25) is 20.0 Å². The van der Waals surface area contributed by atoms with Gasteiger partial charge < -0.3 is 5.73 Å². The van der Waals surface area contributed by atoms with Crippen molar-refractivity contribution in [3.8, 4) is 0 Å². The number of benzene rings is 1. The third kappa shape index (κ3) is 5.11. The molecule has 5 N–H and O–H groups in total. The predicted molar refractivity (Wildman–Crippen MR) is 68.6 cm³/mol. The largest absolute Gasteiger partial charge is 0.398 e. The fraction of sp³-hybridized carbons (Fsp3) is 0.333. The fourth-order valence-corrected chi connectivity index (χ4v) is 3.05. The lowest BCUT2D eigenvalue weighted by Crippen LogP contribution is -2.28. The molecule has 0 bridgehead atoms. The van der Waals surface area contributed by atoms with E-state index in [2.05, 4.69) is 4.72 Å². The molecule has 0 aliphatic rings. The van der Waals surface area contributed by atoms with Crippen LogP contribution in [-0.2, 0) is 20.0 Å². The van der Waals surface area contributed by atoms with Crippen LogP contribution in [0, 0.1) is 5.82 Å². The van der Waals surface area contributed by atoms with Gasteiger partial charge in [-0.3, -0.25) is 0 Å². The highest BCUT2D eigenvalue weighted by molar-refractivity contribution is 7.89. The van der Waals surface area contributed by atoms with Crippen molar-refractivity contribution in [1.29, 1.82) is 0 Å². The molecule has 1 aromatic rings. The number of nitrogens with two attached hydrogens (primary N) is 2. The standard InChI is InChI=1S/C9H14FN3O4S2/c10-7-2-3-9(8(11)6-7)19(16,17)13-4-1-5-18(12,14)15/h2-3,6,13H,1,4-5,11H2,(H2,12,14,15). The zero-order valence-electron chi connectivity index (χ0n) is 9.84. The van der Waals surface area contributed by atoms with E-state index in [1.807, 2.05) is 0 Å². The third-order valence-corrected chi connectivity index (χ3v) is 4.55. The number of hydrogen-bond donors (Lipinski definition) is 3. The van der Waals surface area contributed by atoms with Crippen LogP contribution in [-0.4, -0.2) is 29.1 Å². The Hall–Kier alpha value is -1.23. The molecule has 0 saturated carbocycles. The molecule has 7 nitrogen and oxygen atoms in total. The van der Waals surface area contributed by atoms with Crippen LogP contribution in [0.2, 0.25) is 0 Å². The van der Waals surface area contributed by atoms with Crippen LogP contribution < -0.4 is 15.6 Å². The Balaban J connectivity index is 2.71. The van der Waals surface area contributed by atoms with Gasteiger partial charge in [0.1, 0.15) is 10.7 Å². The summed E-state index contributed by atoms with van der Waals surface area (Å²) in [6, 6.07) is 2.89. The summed E-state index contributed by atoms with van der Waals surface area (Å²) < 4.78 is 59.9. The van der Waals surface area contributed by atoms with E-state index in [0.717, 1.165) is 18.2 Å². The van der Waals surface area contributed by atoms with Gasteiger partial charge in [-0.05, 0) is 24.6 Å². The molecular formula is C9H14FN3O4S2. The van der Waals surface area contributed by atoms with Gasteiger partial charge in [0.15, 0.2) is 0 Å². The van der Waals surface area contributed by atoms with Crippen LogP contribution in [0.1, 0.15) is 6.42 Å². The Morgan fingerprint density at radius 3 is 2.37 bits per heavy atom. The maximum Gasteiger partial charge on any atom is 0.242 e. The van der Waals surface area contributed by atoms with E-state index in [4.69, 9.17) is 10.9 Å². The highest BCUT2D eigenvalue weighted by Gasteiger charge is 2.17. The van der Waals surface area contributed by atoms with Gasteiger partial charge in [-0.15, -0.1) is 0 Å². The zero-order valence-corrected chi connectivity index (χ0v) is 11.5. The number of nitrogens with one attached hydrogen (secondary N) is 1. The Kier molecular flexibility index (Phi) is 4.85. The molecule has 0 aliphatic carbocycles. The van der Waals surface area contributed by atoms with E-state index < -0.39 is 25.9 Å². The first kappa shape index (κ1) is 15.8. The summed E-state index contributed by atoms with van der Waals surface area (Å²) >= 11 is 0. The topological polar surface area (TPSA) is 132 Å². The quantitative estimate of drug-likeness (QED) is 0.475. The molecule has 108 valence electrons. The van der Waals surface area contributed by atoms with Crippen molar-refractivity contribution in [3.63, 3.8) is 0 Å². The number of hydrogen-bond acceptors (Lipinski definition) is 5. The van der Waals surface area contributed by atoms with Crippen molar-refractivity contribution in [2.45, 2.75) is 11.3 Å². The second kappa shape index (κ2) is 5.82. The Labute approximate surface area is 110 Å². The lowest BCUT2D eigenvalue weighted by atomic mass is 10.3. The van der Waals surface area contributed by atoms with Crippen LogP contribution in [0.4, 0.5) is 10.1 Å². The average molecular weight is 311 g/mol. The molecule has 0 heterocycles. The van der Waals surface area contributed by atoms with E-state index in [1.165, 1.54) is 0 Å². The SMILES string of the molecule is Nc1cc(F)ccc1S(=O)(=O)NCCCS(N)(=O)=O. The summed E-state index contributed by atoms with van der Waals surface area (Å²) in [5.41, 5.74) is 5.18. The minimum absolute atomic E-state index is 0.0269. The van der Waals surface area contributed by atoms with Crippen molar-refractivity contribution in [2.24, 2.45) is 5.14 Å². The lowest BCUT2D eigenvalue weighted by molar-refractivity contribution is 0.576. The van der Waals surface area contributed by atoms with Crippen molar-refractivity contribution in [1.82, 2.24) is 4.72 Å². The summed E-state index contributed by atoms with van der Waals surface area (Å²) in [5.74, 6) is -0.986. The van der Waals surface area contributed by atoms with Crippen LogP contribution >= 0.6 is 0 Å². The first-order valence-corrected chi connectivity index (χ1v) is 8.37. The summed E-state index contributed by atoms with van der Waals surface area (Å²) in [7, 11) is -7.53. The van der Waals surface area contributed by atoms with Gasteiger partial charge in [0.25, 0.3) is 0 Å². The summed E-state index contributed by atoms with van der Waals surface area (Å²) in [5, 5.41) is 4.77. The van der Waals surface area contributed by atoms with Gasteiger partial charge >= 0.3 is 0 Å². The lowest BCUT2D eigenvalue weighted by Gasteiger charge is -2.08. The fourth-order valence-electron chi connectivity index (χ4n) is 1.32. The third-order valence-electron chi connectivity index (χ3n) is 2.16. The monoisotopic (exact) mass is 311 g/mol. The minimum atomic E-state index is -3.90. The minimum Gasteiger partial charge on any atom is -0.398 e. The second-order valence-corrected chi connectivity index (χ2v) is 7.27.